The van der Waals surface area contributed by atoms with Gasteiger partial charge in [0.1, 0.15) is 0 Å². The molecule has 1 aliphatic rings. The maximum Gasteiger partial charge on any atom is 0.280 e. The summed E-state index contributed by atoms with van der Waals surface area (Å²) in [6.07, 6.45) is 0.131. The van der Waals surface area contributed by atoms with Gasteiger partial charge in [-0.15, -0.1) is 0 Å². The predicted octanol–water partition coefficient (Wildman–Crippen LogP) is 7.21. The summed E-state index contributed by atoms with van der Waals surface area (Å²) in [5, 5.41) is 35.4. The maximum atomic E-state index is 14.4. The number of amides is 1. The van der Waals surface area contributed by atoms with Crippen molar-refractivity contribution in [3.05, 3.63) is 138 Å². The van der Waals surface area contributed by atoms with E-state index in [1.54, 1.807) is 24.0 Å². The van der Waals surface area contributed by atoms with Gasteiger partial charge in [0.2, 0.25) is 0 Å². The van der Waals surface area contributed by atoms with Gasteiger partial charge < -0.3 is 4.90 Å². The molecule has 0 radical (unpaired) electrons. The van der Waals surface area contributed by atoms with Crippen LogP contribution in [0.3, 0.4) is 0 Å². The van der Waals surface area contributed by atoms with E-state index in [9.17, 15) is 35.1 Å². The van der Waals surface area contributed by atoms with Crippen LogP contribution in [0.5, 0.6) is 0 Å². The Morgan fingerprint density at radius 3 is 1.95 bits per heavy atom. The van der Waals surface area contributed by atoms with E-state index < -0.39 is 37.1 Å². The van der Waals surface area contributed by atoms with Crippen LogP contribution in [-0.4, -0.2) is 26.2 Å². The molecule has 1 aliphatic heterocycles. The van der Waals surface area contributed by atoms with Gasteiger partial charge in [-0.25, -0.2) is 0 Å². The zero-order chi connectivity index (χ0) is 30.4. The molecule has 212 valence electrons. The van der Waals surface area contributed by atoms with Gasteiger partial charge in [0, 0.05) is 46.0 Å². The molecular formula is C31H26N4O7. The van der Waals surface area contributed by atoms with E-state index in [1.807, 2.05) is 56.3 Å². The molecule has 0 aliphatic carbocycles. The second kappa shape index (κ2) is 10.2. The van der Waals surface area contributed by atoms with E-state index in [0.29, 0.717) is 22.4 Å². The Kier molecular flexibility index (Phi) is 6.81. The predicted molar refractivity (Wildman–Crippen MR) is 157 cm³/mol. The molecular weight excluding hydrogens is 540 g/mol. The molecule has 0 saturated carbocycles. The Hall–Kier alpha value is -5.45. The van der Waals surface area contributed by atoms with Crippen molar-refractivity contribution in [2.75, 3.05) is 4.90 Å². The SMILES string of the molecule is CC1(C)C[C@@](C)(c2ccc([N+](=O)[O-])cc2[N+](=O)[O-])c2cc([N+](=O)[O-])ccc2N1C(=O)c1ccccc1-c1ccccc1. The molecule has 1 heterocycles. The monoisotopic (exact) mass is 566 g/mol. The first-order valence-electron chi connectivity index (χ1n) is 13.1. The number of hydrogen-bond acceptors (Lipinski definition) is 7. The quantitative estimate of drug-likeness (QED) is 0.177. The summed E-state index contributed by atoms with van der Waals surface area (Å²) in [7, 11) is 0. The molecule has 0 saturated heterocycles. The van der Waals surface area contributed by atoms with Crippen LogP contribution in [0.15, 0.2) is 91.0 Å². The van der Waals surface area contributed by atoms with E-state index in [4.69, 9.17) is 0 Å². The van der Waals surface area contributed by atoms with Gasteiger partial charge >= 0.3 is 0 Å². The average molecular weight is 567 g/mol. The van der Waals surface area contributed by atoms with Crippen molar-refractivity contribution in [2.45, 2.75) is 38.1 Å². The van der Waals surface area contributed by atoms with Crippen molar-refractivity contribution in [2.24, 2.45) is 0 Å². The largest absolute Gasteiger partial charge is 0.302 e. The number of nitrogens with zero attached hydrogens (tertiary/aromatic N) is 4. The summed E-state index contributed by atoms with van der Waals surface area (Å²) in [5.74, 6) is -0.338. The van der Waals surface area contributed by atoms with Crippen LogP contribution in [0, 0.1) is 30.3 Å². The van der Waals surface area contributed by atoms with Crippen molar-refractivity contribution in [3.8, 4) is 11.1 Å². The van der Waals surface area contributed by atoms with Crippen LogP contribution < -0.4 is 4.90 Å². The number of non-ortho nitro benzene ring substituents is 2. The maximum absolute atomic E-state index is 14.4. The number of benzene rings is 4. The lowest BCUT2D eigenvalue weighted by Gasteiger charge is -2.51. The number of carbonyl (C=O) groups is 1. The third-order valence-corrected chi connectivity index (χ3v) is 7.85. The smallest absolute Gasteiger partial charge is 0.280 e. The first-order valence-corrected chi connectivity index (χ1v) is 13.1. The Balaban J connectivity index is 1.76. The lowest BCUT2D eigenvalue weighted by molar-refractivity contribution is -0.394. The number of anilines is 1. The van der Waals surface area contributed by atoms with Crippen LogP contribution in [0.2, 0.25) is 0 Å². The summed E-state index contributed by atoms with van der Waals surface area (Å²) in [5.41, 5.74) is -0.525. The number of nitro benzene ring substituents is 3. The molecule has 5 rings (SSSR count). The van der Waals surface area contributed by atoms with Gasteiger partial charge in [0.05, 0.1) is 20.8 Å². The Labute approximate surface area is 240 Å². The molecule has 0 spiro atoms. The normalized spacial score (nSPS) is 17.3. The van der Waals surface area contributed by atoms with E-state index >= 15 is 0 Å². The Bertz CT molecular complexity index is 1770. The molecule has 0 aromatic heterocycles. The highest BCUT2D eigenvalue weighted by molar-refractivity contribution is 6.12. The first kappa shape index (κ1) is 28.1. The Morgan fingerprint density at radius 2 is 1.31 bits per heavy atom. The molecule has 1 atom stereocenters. The van der Waals surface area contributed by atoms with Crippen molar-refractivity contribution < 1.29 is 19.6 Å². The summed E-state index contributed by atoms with van der Waals surface area (Å²) in [6.45, 7) is 5.37. The second-order valence-electron chi connectivity index (χ2n) is 11.0. The molecule has 4 aromatic carbocycles. The summed E-state index contributed by atoms with van der Waals surface area (Å²) >= 11 is 0. The number of nitro groups is 3. The molecule has 1 amide bonds. The van der Waals surface area contributed by atoms with Gasteiger partial charge in [0.15, 0.2) is 0 Å². The zero-order valence-corrected chi connectivity index (χ0v) is 23.0. The van der Waals surface area contributed by atoms with Crippen molar-refractivity contribution >= 4 is 28.7 Å². The van der Waals surface area contributed by atoms with Gasteiger partial charge in [-0.3, -0.25) is 35.1 Å². The standard InChI is InChI=1S/C31H26N4O7/c1-30(2)19-31(3,25-15-13-22(34(39)40)18-28(25)35(41)42)26-17-21(33(37)38)14-16-27(26)32(30)29(36)24-12-8-7-11-23(24)20-9-5-4-6-10-20/h4-18H,19H2,1-3H3/t31-/m0/s1. The Morgan fingerprint density at radius 1 is 0.714 bits per heavy atom. The fraction of sp³-hybridized carbons (Fsp3) is 0.194. The van der Waals surface area contributed by atoms with E-state index in [0.717, 1.165) is 11.6 Å². The fourth-order valence-electron chi connectivity index (χ4n) is 6.18. The van der Waals surface area contributed by atoms with E-state index in [1.165, 1.54) is 30.3 Å². The molecule has 11 nitrogen and oxygen atoms in total. The highest BCUT2D eigenvalue weighted by atomic mass is 16.6. The van der Waals surface area contributed by atoms with Gasteiger partial charge in [-0.05, 0) is 55.2 Å². The zero-order valence-electron chi connectivity index (χ0n) is 23.0. The van der Waals surface area contributed by atoms with Crippen LogP contribution >= 0.6 is 0 Å². The van der Waals surface area contributed by atoms with E-state index in [-0.39, 0.29) is 23.6 Å². The number of carbonyl (C=O) groups excluding carboxylic acids is 1. The molecule has 0 bridgehead atoms. The van der Waals surface area contributed by atoms with Crippen molar-refractivity contribution in [3.63, 3.8) is 0 Å². The van der Waals surface area contributed by atoms with Gasteiger partial charge in [-0.2, -0.15) is 0 Å². The number of rotatable bonds is 6. The molecule has 11 heteroatoms. The minimum Gasteiger partial charge on any atom is -0.302 e. The van der Waals surface area contributed by atoms with E-state index in [2.05, 4.69) is 0 Å². The van der Waals surface area contributed by atoms with Crippen LogP contribution in [0.1, 0.15) is 48.7 Å². The lowest BCUT2D eigenvalue weighted by atomic mass is 9.64. The van der Waals surface area contributed by atoms with Crippen LogP contribution in [-0.2, 0) is 5.41 Å². The summed E-state index contributed by atoms with van der Waals surface area (Å²) in [6, 6.07) is 24.1. The summed E-state index contributed by atoms with van der Waals surface area (Å²) in [4.78, 5) is 49.5. The highest BCUT2D eigenvalue weighted by Gasteiger charge is 2.51. The van der Waals surface area contributed by atoms with Crippen LogP contribution in [0.4, 0.5) is 22.7 Å². The van der Waals surface area contributed by atoms with Gasteiger partial charge in [-0.1, -0.05) is 55.5 Å². The van der Waals surface area contributed by atoms with Crippen LogP contribution in [0.25, 0.3) is 11.1 Å². The lowest BCUT2D eigenvalue weighted by Crippen LogP contribution is -2.56. The minimum atomic E-state index is -1.22. The molecule has 0 unspecified atom stereocenters. The highest BCUT2D eigenvalue weighted by Crippen LogP contribution is 2.54. The topological polar surface area (TPSA) is 150 Å². The third-order valence-electron chi connectivity index (χ3n) is 7.85. The number of fused-ring (bicyclic) bond motifs is 1. The van der Waals surface area contributed by atoms with Crippen molar-refractivity contribution in [1.29, 1.82) is 0 Å². The molecule has 0 fully saturated rings. The van der Waals surface area contributed by atoms with Gasteiger partial charge in [0.25, 0.3) is 23.0 Å². The molecule has 42 heavy (non-hydrogen) atoms. The average Bonchev–Trinajstić information content (AvgIpc) is 2.96. The second-order valence-corrected chi connectivity index (χ2v) is 11.0. The fourth-order valence-corrected chi connectivity index (χ4v) is 6.18. The number of hydrogen-bond donors (Lipinski definition) is 0. The third kappa shape index (κ3) is 4.64. The minimum absolute atomic E-state index is 0.131. The summed E-state index contributed by atoms with van der Waals surface area (Å²) < 4.78 is 0. The van der Waals surface area contributed by atoms with Crippen molar-refractivity contribution in [1.82, 2.24) is 0 Å². The molecule has 0 N–H and O–H groups in total. The molecule has 4 aromatic rings. The first-order chi connectivity index (χ1) is 19.8.